The first-order valence-electron chi connectivity index (χ1n) is 6.02. The van der Waals surface area contributed by atoms with Crippen LogP contribution in [0.15, 0.2) is 56.9 Å². The van der Waals surface area contributed by atoms with Crippen LogP contribution in [0.4, 0.5) is 0 Å². The SMILES string of the molecule is Oc1ccc2cc(-c3csc(-c4ccco4)n3)oc2c1. The fourth-order valence-corrected chi connectivity index (χ4v) is 2.82. The number of aromatic nitrogens is 1. The Hall–Kier alpha value is -2.53. The van der Waals surface area contributed by atoms with E-state index in [0.717, 1.165) is 21.8 Å². The first kappa shape index (κ1) is 11.3. The van der Waals surface area contributed by atoms with Crippen LogP contribution in [0.1, 0.15) is 0 Å². The number of thiazole rings is 1. The maximum atomic E-state index is 9.45. The molecule has 0 aliphatic heterocycles. The predicted octanol–water partition coefficient (Wildman–Crippen LogP) is 4.52. The highest BCUT2D eigenvalue weighted by Gasteiger charge is 2.12. The summed E-state index contributed by atoms with van der Waals surface area (Å²) in [6.07, 6.45) is 1.63. The molecule has 0 unspecified atom stereocenters. The van der Waals surface area contributed by atoms with Gasteiger partial charge in [0.2, 0.25) is 0 Å². The number of rotatable bonds is 2. The standard InChI is InChI=1S/C15H9NO3S/c17-10-4-3-9-6-14(19-13(9)7-10)11-8-20-15(16-11)12-2-1-5-18-12/h1-8,17H. The van der Waals surface area contributed by atoms with Crippen LogP contribution in [0, 0.1) is 0 Å². The van der Waals surface area contributed by atoms with Crippen LogP contribution in [0.25, 0.3) is 33.2 Å². The Balaban J connectivity index is 1.79. The highest BCUT2D eigenvalue weighted by atomic mass is 32.1. The molecule has 0 amide bonds. The highest BCUT2D eigenvalue weighted by molar-refractivity contribution is 7.13. The molecule has 0 aliphatic rings. The summed E-state index contributed by atoms with van der Waals surface area (Å²) in [5.74, 6) is 1.61. The monoisotopic (exact) mass is 283 g/mol. The van der Waals surface area contributed by atoms with Crippen molar-refractivity contribution in [2.75, 3.05) is 0 Å². The van der Waals surface area contributed by atoms with E-state index in [2.05, 4.69) is 4.98 Å². The lowest BCUT2D eigenvalue weighted by atomic mass is 10.2. The zero-order valence-corrected chi connectivity index (χ0v) is 11.1. The van der Waals surface area contributed by atoms with Crippen molar-refractivity contribution in [2.24, 2.45) is 0 Å². The van der Waals surface area contributed by atoms with E-state index in [1.165, 1.54) is 11.3 Å². The minimum atomic E-state index is 0.188. The van der Waals surface area contributed by atoms with Crippen LogP contribution in [-0.2, 0) is 0 Å². The van der Waals surface area contributed by atoms with E-state index in [9.17, 15) is 5.11 Å². The largest absolute Gasteiger partial charge is 0.508 e. The van der Waals surface area contributed by atoms with Gasteiger partial charge in [-0.25, -0.2) is 4.98 Å². The zero-order valence-electron chi connectivity index (χ0n) is 10.2. The van der Waals surface area contributed by atoms with Gasteiger partial charge in [-0.3, -0.25) is 0 Å². The number of fused-ring (bicyclic) bond motifs is 1. The maximum absolute atomic E-state index is 9.45. The molecule has 0 spiro atoms. The van der Waals surface area contributed by atoms with E-state index >= 15 is 0 Å². The summed E-state index contributed by atoms with van der Waals surface area (Å²) < 4.78 is 11.0. The van der Waals surface area contributed by atoms with Crippen LogP contribution in [-0.4, -0.2) is 10.1 Å². The van der Waals surface area contributed by atoms with Gasteiger partial charge in [-0.15, -0.1) is 11.3 Å². The topological polar surface area (TPSA) is 59.4 Å². The molecule has 4 aromatic rings. The Labute approximate surface area is 117 Å². The minimum absolute atomic E-state index is 0.188. The average Bonchev–Trinajstić information content (AvgIpc) is 3.17. The average molecular weight is 283 g/mol. The summed E-state index contributed by atoms with van der Waals surface area (Å²) >= 11 is 1.50. The van der Waals surface area contributed by atoms with Crippen molar-refractivity contribution < 1.29 is 13.9 Å². The van der Waals surface area contributed by atoms with Gasteiger partial charge in [0.05, 0.1) is 6.26 Å². The number of furan rings is 2. The van der Waals surface area contributed by atoms with Crippen molar-refractivity contribution >= 4 is 22.3 Å². The van der Waals surface area contributed by atoms with E-state index in [1.807, 2.05) is 29.6 Å². The van der Waals surface area contributed by atoms with Crippen molar-refractivity contribution in [3.05, 3.63) is 48.0 Å². The first-order chi connectivity index (χ1) is 9.79. The molecule has 1 N–H and O–H groups in total. The number of hydrogen-bond donors (Lipinski definition) is 1. The second kappa shape index (κ2) is 4.25. The molecule has 4 rings (SSSR count). The van der Waals surface area contributed by atoms with Crippen molar-refractivity contribution in [3.8, 4) is 28.0 Å². The third-order valence-electron chi connectivity index (χ3n) is 2.99. The van der Waals surface area contributed by atoms with Gasteiger partial charge in [-0.2, -0.15) is 0 Å². The lowest BCUT2D eigenvalue weighted by Gasteiger charge is -1.90. The van der Waals surface area contributed by atoms with Gasteiger partial charge in [0.25, 0.3) is 0 Å². The van der Waals surface area contributed by atoms with Crippen molar-refractivity contribution in [3.63, 3.8) is 0 Å². The quantitative estimate of drug-likeness (QED) is 0.587. The summed E-state index contributed by atoms with van der Waals surface area (Å²) in [6.45, 7) is 0. The third-order valence-corrected chi connectivity index (χ3v) is 3.85. The van der Waals surface area contributed by atoms with Crippen LogP contribution in [0.3, 0.4) is 0 Å². The lowest BCUT2D eigenvalue weighted by Crippen LogP contribution is -1.74. The number of phenols is 1. The minimum Gasteiger partial charge on any atom is -0.508 e. The van der Waals surface area contributed by atoms with Gasteiger partial charge >= 0.3 is 0 Å². The van der Waals surface area contributed by atoms with Gasteiger partial charge in [-0.1, -0.05) is 0 Å². The van der Waals surface area contributed by atoms with Gasteiger partial charge in [0.1, 0.15) is 17.0 Å². The van der Waals surface area contributed by atoms with Gasteiger partial charge < -0.3 is 13.9 Å². The predicted molar refractivity (Wildman–Crippen MR) is 76.7 cm³/mol. The molecule has 3 aromatic heterocycles. The molecule has 0 radical (unpaired) electrons. The van der Waals surface area contributed by atoms with Gasteiger partial charge in [0.15, 0.2) is 16.5 Å². The van der Waals surface area contributed by atoms with Crippen LogP contribution in [0.2, 0.25) is 0 Å². The molecule has 0 saturated carbocycles. The van der Waals surface area contributed by atoms with Crippen molar-refractivity contribution in [2.45, 2.75) is 0 Å². The maximum Gasteiger partial charge on any atom is 0.162 e. The van der Waals surface area contributed by atoms with E-state index in [4.69, 9.17) is 8.83 Å². The summed E-state index contributed by atoms with van der Waals surface area (Å²) in [6, 6.07) is 10.7. The van der Waals surface area contributed by atoms with Crippen LogP contribution >= 0.6 is 11.3 Å². The van der Waals surface area contributed by atoms with Crippen LogP contribution in [0.5, 0.6) is 5.75 Å². The number of aromatic hydroxyl groups is 1. The molecule has 0 aliphatic carbocycles. The summed E-state index contributed by atoms with van der Waals surface area (Å²) in [7, 11) is 0. The zero-order chi connectivity index (χ0) is 13.5. The fraction of sp³-hybridized carbons (Fsp3) is 0. The summed E-state index contributed by atoms with van der Waals surface area (Å²) in [5.41, 5.74) is 1.41. The third kappa shape index (κ3) is 1.80. The molecule has 0 bridgehead atoms. The second-order valence-corrected chi connectivity index (χ2v) is 5.21. The Morgan fingerprint density at radius 2 is 2.05 bits per heavy atom. The van der Waals surface area contributed by atoms with Gasteiger partial charge in [-0.05, 0) is 30.3 Å². The van der Waals surface area contributed by atoms with Crippen molar-refractivity contribution in [1.29, 1.82) is 0 Å². The molecule has 0 fully saturated rings. The Bertz CT molecular complexity index is 874. The molecule has 3 heterocycles. The molecular weight excluding hydrogens is 274 g/mol. The number of benzene rings is 1. The van der Waals surface area contributed by atoms with Gasteiger partial charge in [0, 0.05) is 16.8 Å². The van der Waals surface area contributed by atoms with E-state index in [1.54, 1.807) is 18.4 Å². The molecule has 4 nitrogen and oxygen atoms in total. The Morgan fingerprint density at radius 3 is 2.90 bits per heavy atom. The molecule has 0 atom stereocenters. The summed E-state index contributed by atoms with van der Waals surface area (Å²) in [5, 5.41) is 13.1. The number of hydrogen-bond acceptors (Lipinski definition) is 5. The molecule has 1 aromatic carbocycles. The lowest BCUT2D eigenvalue weighted by molar-refractivity contribution is 0.474. The second-order valence-electron chi connectivity index (χ2n) is 4.35. The van der Waals surface area contributed by atoms with E-state index in [-0.39, 0.29) is 5.75 Å². The first-order valence-corrected chi connectivity index (χ1v) is 6.90. The normalized spacial score (nSPS) is 11.2. The Kier molecular flexibility index (Phi) is 2.40. The van der Waals surface area contributed by atoms with Crippen molar-refractivity contribution in [1.82, 2.24) is 4.98 Å². The fourth-order valence-electron chi connectivity index (χ4n) is 2.05. The number of nitrogens with zero attached hydrogens (tertiary/aromatic N) is 1. The molecule has 98 valence electrons. The number of phenolic OH excluding ortho intramolecular Hbond substituents is 1. The van der Waals surface area contributed by atoms with E-state index in [0.29, 0.717) is 11.3 Å². The summed E-state index contributed by atoms with van der Waals surface area (Å²) in [4.78, 5) is 4.51. The molecule has 5 heteroatoms. The van der Waals surface area contributed by atoms with E-state index < -0.39 is 0 Å². The van der Waals surface area contributed by atoms with Crippen LogP contribution < -0.4 is 0 Å². The molecule has 20 heavy (non-hydrogen) atoms. The Morgan fingerprint density at radius 1 is 1.10 bits per heavy atom. The molecule has 0 saturated heterocycles. The highest BCUT2D eigenvalue weighted by Crippen LogP contribution is 2.33. The smallest absolute Gasteiger partial charge is 0.162 e. The molecular formula is C15H9NO3S.